The fourth-order valence-electron chi connectivity index (χ4n) is 3.83. The number of rotatable bonds is 5. The molecular formula is C21H27N3O4S. The summed E-state index contributed by atoms with van der Waals surface area (Å²) in [4.78, 5) is 26.3. The van der Waals surface area contributed by atoms with Crippen molar-refractivity contribution in [1.82, 2.24) is 13.8 Å². The van der Waals surface area contributed by atoms with E-state index in [2.05, 4.69) is 4.57 Å². The van der Waals surface area contributed by atoms with E-state index in [1.807, 2.05) is 26.8 Å². The van der Waals surface area contributed by atoms with Gasteiger partial charge in [0.1, 0.15) is 0 Å². The summed E-state index contributed by atoms with van der Waals surface area (Å²) >= 11 is 0. The lowest BCUT2D eigenvalue weighted by atomic mass is 10.2. The number of amides is 1. The van der Waals surface area contributed by atoms with Gasteiger partial charge in [0.25, 0.3) is 5.91 Å². The van der Waals surface area contributed by atoms with Crippen molar-refractivity contribution in [1.29, 1.82) is 0 Å². The average molecular weight is 418 g/mol. The SMILES string of the molecule is CCn1c(C)cc(C(=O)N2CCN(S(=O)(=O)c3cccc(C(C)=O)c3)CC2)c1C. The molecule has 8 heteroatoms. The van der Waals surface area contributed by atoms with Gasteiger partial charge in [0.05, 0.1) is 10.5 Å². The number of aryl methyl sites for hydroxylation is 1. The molecule has 1 saturated heterocycles. The minimum atomic E-state index is -3.71. The Hall–Kier alpha value is -2.45. The summed E-state index contributed by atoms with van der Waals surface area (Å²) in [6.07, 6.45) is 0. The first-order valence-electron chi connectivity index (χ1n) is 9.74. The molecule has 3 rings (SSSR count). The molecule has 2 aromatic rings. The minimum Gasteiger partial charge on any atom is -0.349 e. The van der Waals surface area contributed by atoms with Crippen LogP contribution in [0.3, 0.4) is 0 Å². The van der Waals surface area contributed by atoms with Crippen LogP contribution in [0.5, 0.6) is 0 Å². The lowest BCUT2D eigenvalue weighted by molar-refractivity contribution is 0.0697. The number of Topliss-reactive ketones (excluding diaryl/α,β-unsaturated/α-hetero) is 1. The number of carbonyl (C=O) groups is 2. The van der Waals surface area contributed by atoms with Crippen LogP contribution in [0.15, 0.2) is 35.2 Å². The zero-order valence-electron chi connectivity index (χ0n) is 17.3. The molecule has 1 aliphatic rings. The lowest BCUT2D eigenvalue weighted by Gasteiger charge is -2.34. The smallest absolute Gasteiger partial charge is 0.255 e. The molecule has 1 fully saturated rings. The van der Waals surface area contributed by atoms with Crippen LogP contribution >= 0.6 is 0 Å². The Morgan fingerprint density at radius 1 is 1.03 bits per heavy atom. The molecule has 0 atom stereocenters. The summed E-state index contributed by atoms with van der Waals surface area (Å²) in [5, 5.41) is 0. The first kappa shape index (κ1) is 21.3. The number of aromatic nitrogens is 1. The third kappa shape index (κ3) is 4.00. The van der Waals surface area contributed by atoms with Gasteiger partial charge in [0.15, 0.2) is 5.78 Å². The molecule has 0 spiro atoms. The van der Waals surface area contributed by atoms with Crippen LogP contribution in [0.4, 0.5) is 0 Å². The van der Waals surface area contributed by atoms with Gasteiger partial charge in [-0.15, -0.1) is 0 Å². The molecule has 1 aliphatic heterocycles. The minimum absolute atomic E-state index is 0.0616. The predicted octanol–water partition coefficient (Wildman–Crippen LogP) is 2.47. The normalized spacial score (nSPS) is 15.5. The third-order valence-corrected chi connectivity index (χ3v) is 7.42. The van der Waals surface area contributed by atoms with Crippen LogP contribution in [-0.2, 0) is 16.6 Å². The van der Waals surface area contributed by atoms with Crippen molar-refractivity contribution in [2.75, 3.05) is 26.2 Å². The zero-order chi connectivity index (χ0) is 21.3. The molecule has 0 bridgehead atoms. The lowest BCUT2D eigenvalue weighted by Crippen LogP contribution is -2.50. The van der Waals surface area contributed by atoms with Crippen molar-refractivity contribution < 1.29 is 18.0 Å². The summed E-state index contributed by atoms with van der Waals surface area (Å²) in [6, 6.07) is 7.99. The van der Waals surface area contributed by atoms with Gasteiger partial charge < -0.3 is 9.47 Å². The number of benzene rings is 1. The molecular weight excluding hydrogens is 390 g/mol. The second-order valence-electron chi connectivity index (χ2n) is 7.31. The highest BCUT2D eigenvalue weighted by Crippen LogP contribution is 2.22. The maximum atomic E-state index is 13.0. The van der Waals surface area contributed by atoms with E-state index in [0.29, 0.717) is 24.2 Å². The molecule has 1 amide bonds. The number of hydrogen-bond donors (Lipinski definition) is 0. The van der Waals surface area contributed by atoms with E-state index in [0.717, 1.165) is 17.9 Å². The molecule has 7 nitrogen and oxygen atoms in total. The third-order valence-electron chi connectivity index (χ3n) is 5.52. The molecule has 0 saturated carbocycles. The van der Waals surface area contributed by atoms with Gasteiger partial charge in [-0.2, -0.15) is 4.31 Å². The quantitative estimate of drug-likeness (QED) is 0.700. The van der Waals surface area contributed by atoms with Gasteiger partial charge in [0.2, 0.25) is 10.0 Å². The van der Waals surface area contributed by atoms with Gasteiger partial charge in [-0.25, -0.2) is 8.42 Å². The molecule has 1 aromatic carbocycles. The molecule has 0 radical (unpaired) electrons. The molecule has 2 heterocycles. The Morgan fingerprint density at radius 2 is 1.69 bits per heavy atom. The van der Waals surface area contributed by atoms with Crippen molar-refractivity contribution in [3.8, 4) is 0 Å². The Balaban J connectivity index is 1.74. The van der Waals surface area contributed by atoms with E-state index in [1.54, 1.807) is 17.0 Å². The summed E-state index contributed by atoms with van der Waals surface area (Å²) in [7, 11) is -3.71. The van der Waals surface area contributed by atoms with Gasteiger partial charge >= 0.3 is 0 Å². The predicted molar refractivity (Wildman–Crippen MR) is 111 cm³/mol. The highest BCUT2D eigenvalue weighted by molar-refractivity contribution is 7.89. The largest absolute Gasteiger partial charge is 0.349 e. The average Bonchev–Trinajstić information content (AvgIpc) is 3.00. The van der Waals surface area contributed by atoms with E-state index < -0.39 is 10.0 Å². The highest BCUT2D eigenvalue weighted by Gasteiger charge is 2.31. The fraction of sp³-hybridized carbons (Fsp3) is 0.429. The van der Waals surface area contributed by atoms with Crippen LogP contribution in [-0.4, -0.2) is 60.1 Å². The fourth-order valence-corrected chi connectivity index (χ4v) is 5.30. The summed E-state index contributed by atoms with van der Waals surface area (Å²) < 4.78 is 29.4. The number of ketones is 1. The standard InChI is InChI=1S/C21H27N3O4S/c1-5-24-15(2)13-20(16(24)3)21(26)22-9-11-23(12-10-22)29(27,28)19-8-6-7-18(14-19)17(4)25/h6-8,13-14H,5,9-12H2,1-4H3. The van der Waals surface area contributed by atoms with Crippen molar-refractivity contribution in [3.05, 3.63) is 52.8 Å². The summed E-state index contributed by atoms with van der Waals surface area (Å²) in [6.45, 7) is 9.29. The van der Waals surface area contributed by atoms with E-state index in [-0.39, 0.29) is 29.7 Å². The number of hydrogen-bond acceptors (Lipinski definition) is 4. The van der Waals surface area contributed by atoms with Crippen molar-refractivity contribution in [2.24, 2.45) is 0 Å². The van der Waals surface area contributed by atoms with E-state index in [4.69, 9.17) is 0 Å². The van der Waals surface area contributed by atoms with Crippen LogP contribution < -0.4 is 0 Å². The maximum Gasteiger partial charge on any atom is 0.255 e. The summed E-state index contributed by atoms with van der Waals surface area (Å²) in [5.41, 5.74) is 3.02. The Kier molecular flexibility index (Phi) is 5.95. The molecule has 1 aromatic heterocycles. The Morgan fingerprint density at radius 3 is 2.24 bits per heavy atom. The maximum absolute atomic E-state index is 13.0. The van der Waals surface area contributed by atoms with Crippen molar-refractivity contribution in [2.45, 2.75) is 39.1 Å². The molecule has 0 aliphatic carbocycles. The van der Waals surface area contributed by atoms with Crippen LogP contribution in [0.2, 0.25) is 0 Å². The van der Waals surface area contributed by atoms with Crippen molar-refractivity contribution in [3.63, 3.8) is 0 Å². The topological polar surface area (TPSA) is 79.7 Å². The van der Waals surface area contributed by atoms with Crippen LogP contribution in [0.1, 0.15) is 46.0 Å². The Bertz CT molecular complexity index is 1050. The number of piperazine rings is 1. The monoisotopic (exact) mass is 417 g/mol. The highest BCUT2D eigenvalue weighted by atomic mass is 32.2. The van der Waals surface area contributed by atoms with Crippen LogP contribution in [0, 0.1) is 13.8 Å². The first-order valence-corrected chi connectivity index (χ1v) is 11.2. The van der Waals surface area contributed by atoms with E-state index >= 15 is 0 Å². The number of carbonyl (C=O) groups excluding carboxylic acids is 2. The molecule has 29 heavy (non-hydrogen) atoms. The van der Waals surface area contributed by atoms with Gasteiger partial charge in [-0.1, -0.05) is 12.1 Å². The van der Waals surface area contributed by atoms with E-state index in [1.165, 1.54) is 23.4 Å². The number of nitrogens with zero attached hydrogens (tertiary/aromatic N) is 3. The van der Waals surface area contributed by atoms with Gasteiger partial charge in [-0.3, -0.25) is 9.59 Å². The number of sulfonamides is 1. The van der Waals surface area contributed by atoms with E-state index in [9.17, 15) is 18.0 Å². The zero-order valence-corrected chi connectivity index (χ0v) is 18.1. The van der Waals surface area contributed by atoms with Crippen LogP contribution in [0.25, 0.3) is 0 Å². The van der Waals surface area contributed by atoms with Crippen molar-refractivity contribution >= 4 is 21.7 Å². The van der Waals surface area contributed by atoms with Gasteiger partial charge in [-0.05, 0) is 45.9 Å². The summed E-state index contributed by atoms with van der Waals surface area (Å²) in [5.74, 6) is -0.240. The Labute approximate surface area is 172 Å². The first-order chi connectivity index (χ1) is 13.7. The molecule has 156 valence electrons. The molecule has 0 unspecified atom stereocenters. The second-order valence-corrected chi connectivity index (χ2v) is 9.25. The van der Waals surface area contributed by atoms with Gasteiger partial charge in [0, 0.05) is 49.7 Å². The second kappa shape index (κ2) is 8.12. The molecule has 0 N–H and O–H groups in total.